The van der Waals surface area contributed by atoms with Crippen molar-refractivity contribution in [2.45, 2.75) is 32.0 Å². The van der Waals surface area contributed by atoms with Crippen LogP contribution >= 0.6 is 0 Å². The number of methoxy groups -OCH3 is 1. The first-order valence-electron chi connectivity index (χ1n) is 5.10. The quantitative estimate of drug-likeness (QED) is 0.890. The molecule has 0 unspecified atom stereocenters. The van der Waals surface area contributed by atoms with Gasteiger partial charge in [-0.15, -0.1) is 0 Å². The summed E-state index contributed by atoms with van der Waals surface area (Å²) in [6, 6.07) is 3.73. The average molecular weight is 248 g/mol. The molecule has 17 heavy (non-hydrogen) atoms. The summed E-state index contributed by atoms with van der Waals surface area (Å²) in [4.78, 5) is 0. The largest absolute Gasteiger partial charge is 0.497 e. The number of halogens is 3. The highest BCUT2D eigenvalue weighted by molar-refractivity contribution is 5.38. The van der Waals surface area contributed by atoms with E-state index in [9.17, 15) is 18.3 Å². The standard InChI is InChI=1S/C12H15F3O2/c1-11(2,16)7-8-4-5-9(17-3)6-10(8)12(13,14)15/h4-6,16H,7H2,1-3H3. The molecule has 0 bridgehead atoms. The van der Waals surface area contributed by atoms with Gasteiger partial charge < -0.3 is 9.84 Å². The monoisotopic (exact) mass is 248 g/mol. The van der Waals surface area contributed by atoms with Gasteiger partial charge in [-0.3, -0.25) is 0 Å². The maximum atomic E-state index is 12.8. The fourth-order valence-electron chi connectivity index (χ4n) is 1.57. The predicted molar refractivity (Wildman–Crippen MR) is 58.0 cm³/mol. The van der Waals surface area contributed by atoms with E-state index in [4.69, 9.17) is 4.74 Å². The van der Waals surface area contributed by atoms with Crippen molar-refractivity contribution in [2.24, 2.45) is 0 Å². The molecule has 0 fully saturated rings. The number of aliphatic hydroxyl groups is 1. The summed E-state index contributed by atoms with van der Waals surface area (Å²) in [6.07, 6.45) is -4.51. The maximum Gasteiger partial charge on any atom is 0.416 e. The Morgan fingerprint density at radius 2 is 1.82 bits per heavy atom. The molecule has 0 spiro atoms. The second-order valence-corrected chi connectivity index (χ2v) is 4.51. The van der Waals surface area contributed by atoms with E-state index in [1.54, 1.807) is 0 Å². The first-order valence-corrected chi connectivity index (χ1v) is 5.10. The molecule has 1 rings (SSSR count). The number of alkyl halides is 3. The third-order valence-corrected chi connectivity index (χ3v) is 2.25. The molecule has 1 N–H and O–H groups in total. The molecule has 0 radical (unpaired) electrons. The van der Waals surface area contributed by atoms with Gasteiger partial charge in [0, 0.05) is 6.42 Å². The minimum atomic E-state index is -4.45. The zero-order chi connectivity index (χ0) is 13.3. The van der Waals surface area contributed by atoms with Crippen molar-refractivity contribution in [1.29, 1.82) is 0 Å². The lowest BCUT2D eigenvalue weighted by atomic mass is 9.94. The second-order valence-electron chi connectivity index (χ2n) is 4.51. The highest BCUT2D eigenvalue weighted by Crippen LogP contribution is 2.35. The normalized spacial score (nSPS) is 12.6. The van der Waals surface area contributed by atoms with Crippen molar-refractivity contribution < 1.29 is 23.0 Å². The van der Waals surface area contributed by atoms with Crippen LogP contribution in [-0.2, 0) is 12.6 Å². The van der Waals surface area contributed by atoms with Crippen molar-refractivity contribution >= 4 is 0 Å². The Labute approximate surface area is 98.0 Å². The van der Waals surface area contributed by atoms with Crippen molar-refractivity contribution in [1.82, 2.24) is 0 Å². The van der Waals surface area contributed by atoms with Gasteiger partial charge in [0.1, 0.15) is 5.75 Å². The van der Waals surface area contributed by atoms with Gasteiger partial charge >= 0.3 is 6.18 Å². The minimum absolute atomic E-state index is 0.0609. The number of rotatable bonds is 3. The molecule has 0 saturated heterocycles. The van der Waals surface area contributed by atoms with Gasteiger partial charge in [0.15, 0.2) is 0 Å². The Kier molecular flexibility index (Phi) is 3.71. The van der Waals surface area contributed by atoms with E-state index in [0.717, 1.165) is 6.07 Å². The van der Waals surface area contributed by atoms with Crippen LogP contribution in [0.5, 0.6) is 5.75 Å². The molecule has 0 aliphatic heterocycles. The SMILES string of the molecule is COc1ccc(CC(C)(C)O)c(C(F)(F)F)c1. The average Bonchev–Trinajstić information content (AvgIpc) is 2.14. The summed E-state index contributed by atoms with van der Waals surface area (Å²) in [7, 11) is 1.31. The molecule has 2 nitrogen and oxygen atoms in total. The van der Waals surface area contributed by atoms with Crippen molar-refractivity contribution in [3.05, 3.63) is 29.3 Å². The van der Waals surface area contributed by atoms with Crippen LogP contribution in [-0.4, -0.2) is 17.8 Å². The van der Waals surface area contributed by atoms with Crippen LogP contribution in [0.3, 0.4) is 0 Å². The van der Waals surface area contributed by atoms with Gasteiger partial charge in [-0.25, -0.2) is 0 Å². The molecule has 0 amide bonds. The zero-order valence-electron chi connectivity index (χ0n) is 9.93. The smallest absolute Gasteiger partial charge is 0.416 e. The highest BCUT2D eigenvalue weighted by atomic mass is 19.4. The summed E-state index contributed by atoms with van der Waals surface area (Å²) in [5.41, 5.74) is -1.89. The van der Waals surface area contributed by atoms with E-state index in [1.807, 2.05) is 0 Å². The van der Waals surface area contributed by atoms with Crippen LogP contribution in [0.1, 0.15) is 25.0 Å². The van der Waals surface area contributed by atoms with Crippen LogP contribution in [0.15, 0.2) is 18.2 Å². The Hall–Kier alpha value is -1.23. The third kappa shape index (κ3) is 3.93. The first-order chi connectivity index (χ1) is 7.63. The summed E-state index contributed by atoms with van der Waals surface area (Å²) >= 11 is 0. The topological polar surface area (TPSA) is 29.5 Å². The first kappa shape index (κ1) is 13.8. The lowest BCUT2D eigenvalue weighted by Gasteiger charge is -2.21. The van der Waals surface area contributed by atoms with Gasteiger partial charge in [-0.1, -0.05) is 6.07 Å². The molecule has 0 atom stereocenters. The van der Waals surface area contributed by atoms with E-state index < -0.39 is 17.3 Å². The zero-order valence-corrected chi connectivity index (χ0v) is 9.93. The minimum Gasteiger partial charge on any atom is -0.497 e. The van der Waals surface area contributed by atoms with Crippen molar-refractivity contribution in [3.8, 4) is 5.75 Å². The Bertz CT molecular complexity index is 392. The number of hydrogen-bond donors (Lipinski definition) is 1. The van der Waals surface area contributed by atoms with Crippen LogP contribution in [0, 0.1) is 0 Å². The van der Waals surface area contributed by atoms with E-state index in [-0.39, 0.29) is 17.7 Å². The maximum absolute atomic E-state index is 12.8. The summed E-state index contributed by atoms with van der Waals surface area (Å²) in [5.74, 6) is 0.150. The molecule has 1 aromatic rings. The third-order valence-electron chi connectivity index (χ3n) is 2.25. The number of benzene rings is 1. The number of ether oxygens (including phenoxy) is 1. The molecule has 0 heterocycles. The Balaban J connectivity index is 3.21. The molecule has 0 saturated carbocycles. The van der Waals surface area contributed by atoms with E-state index >= 15 is 0 Å². The van der Waals surface area contributed by atoms with Crippen LogP contribution in [0.4, 0.5) is 13.2 Å². The molecular formula is C12H15F3O2. The molecule has 0 aliphatic rings. The van der Waals surface area contributed by atoms with E-state index in [2.05, 4.69) is 0 Å². The van der Waals surface area contributed by atoms with E-state index in [1.165, 1.54) is 33.1 Å². The summed E-state index contributed by atoms with van der Waals surface area (Å²) < 4.78 is 43.2. The fourth-order valence-corrected chi connectivity index (χ4v) is 1.57. The summed E-state index contributed by atoms with van der Waals surface area (Å²) in [6.45, 7) is 2.94. The van der Waals surface area contributed by atoms with Gasteiger partial charge in [0.2, 0.25) is 0 Å². The molecule has 0 aliphatic carbocycles. The molecule has 1 aromatic carbocycles. The Morgan fingerprint density at radius 3 is 2.24 bits per heavy atom. The molecule has 96 valence electrons. The summed E-state index contributed by atoms with van der Waals surface area (Å²) in [5, 5.41) is 9.59. The van der Waals surface area contributed by atoms with E-state index in [0.29, 0.717) is 0 Å². The van der Waals surface area contributed by atoms with Crippen LogP contribution in [0.25, 0.3) is 0 Å². The van der Waals surface area contributed by atoms with Crippen molar-refractivity contribution in [2.75, 3.05) is 7.11 Å². The van der Waals surface area contributed by atoms with Gasteiger partial charge in [-0.05, 0) is 31.5 Å². The lowest BCUT2D eigenvalue weighted by Crippen LogP contribution is -2.24. The Morgan fingerprint density at radius 1 is 1.24 bits per heavy atom. The lowest BCUT2D eigenvalue weighted by molar-refractivity contribution is -0.138. The van der Waals surface area contributed by atoms with Gasteiger partial charge in [0.25, 0.3) is 0 Å². The molecular weight excluding hydrogens is 233 g/mol. The van der Waals surface area contributed by atoms with Crippen molar-refractivity contribution in [3.63, 3.8) is 0 Å². The highest BCUT2D eigenvalue weighted by Gasteiger charge is 2.34. The fraction of sp³-hybridized carbons (Fsp3) is 0.500. The number of hydrogen-bond acceptors (Lipinski definition) is 2. The second kappa shape index (κ2) is 4.56. The van der Waals surface area contributed by atoms with Crippen LogP contribution < -0.4 is 4.74 Å². The van der Waals surface area contributed by atoms with Gasteiger partial charge in [-0.2, -0.15) is 13.2 Å². The molecule has 0 aromatic heterocycles. The predicted octanol–water partition coefficient (Wildman–Crippen LogP) is 3.03. The van der Waals surface area contributed by atoms with Crippen LogP contribution in [0.2, 0.25) is 0 Å². The molecule has 5 heteroatoms. The van der Waals surface area contributed by atoms with Gasteiger partial charge in [0.05, 0.1) is 18.3 Å².